The highest BCUT2D eigenvalue weighted by Gasteiger charge is 2.55. The minimum Gasteiger partial charge on any atom is -0.374 e. The van der Waals surface area contributed by atoms with Crippen molar-refractivity contribution in [2.45, 2.75) is 57.1 Å². The van der Waals surface area contributed by atoms with Gasteiger partial charge in [-0.1, -0.05) is 140 Å². The van der Waals surface area contributed by atoms with Gasteiger partial charge in [0.1, 0.15) is 31.0 Å². The Morgan fingerprint density at radius 2 is 0.942 bits per heavy atom. The third kappa shape index (κ3) is 8.65. The number of hydrogen-bond donors (Lipinski definition) is 0. The van der Waals surface area contributed by atoms with Gasteiger partial charge >= 0.3 is 6.03 Å². The molecule has 52 heavy (non-hydrogen) atoms. The predicted octanol–water partition coefficient (Wildman–Crippen LogP) is 7.15. The minimum atomic E-state index is -1.14. The van der Waals surface area contributed by atoms with Gasteiger partial charge in [-0.2, -0.15) is 0 Å². The van der Waals surface area contributed by atoms with Crippen LogP contribution in [0.4, 0.5) is 10.5 Å². The van der Waals surface area contributed by atoms with Crippen molar-refractivity contribution in [1.82, 2.24) is 4.90 Å². The van der Waals surface area contributed by atoms with E-state index in [2.05, 4.69) is 0 Å². The maximum absolute atomic E-state index is 14.2. The Bertz CT molecular complexity index is 1850. The zero-order chi connectivity index (χ0) is 35.5. The van der Waals surface area contributed by atoms with Gasteiger partial charge in [0.15, 0.2) is 6.23 Å². The maximum atomic E-state index is 14.2. The van der Waals surface area contributed by atoms with Crippen LogP contribution in [-0.2, 0) is 54.9 Å². The van der Waals surface area contributed by atoms with Crippen molar-refractivity contribution in [3.05, 3.63) is 174 Å². The van der Waals surface area contributed by atoms with Gasteiger partial charge in [-0.25, -0.2) is 9.69 Å². The van der Waals surface area contributed by atoms with E-state index in [4.69, 9.17) is 23.7 Å². The number of anilines is 1. The third-order valence-electron chi connectivity index (χ3n) is 9.18. The summed E-state index contributed by atoms with van der Waals surface area (Å²) in [6.07, 6.45) is -4.27. The molecular formula is C43H42N2O7. The van der Waals surface area contributed by atoms with Crippen molar-refractivity contribution in [3.8, 4) is 0 Å². The Morgan fingerprint density at radius 3 is 1.44 bits per heavy atom. The van der Waals surface area contributed by atoms with E-state index in [1.807, 2.05) is 140 Å². The zero-order valence-corrected chi connectivity index (χ0v) is 28.8. The summed E-state index contributed by atoms with van der Waals surface area (Å²) in [5, 5.41) is 0. The summed E-state index contributed by atoms with van der Waals surface area (Å²) in [5.74, 6) is -0.401. The van der Waals surface area contributed by atoms with E-state index in [9.17, 15) is 9.59 Å². The Balaban J connectivity index is 1.25. The predicted molar refractivity (Wildman–Crippen MR) is 196 cm³/mol. The first-order valence-corrected chi connectivity index (χ1v) is 17.6. The lowest BCUT2D eigenvalue weighted by molar-refractivity contribution is -0.290. The van der Waals surface area contributed by atoms with Crippen LogP contribution < -0.4 is 4.90 Å². The lowest BCUT2D eigenvalue weighted by atomic mass is 9.96. The molecule has 0 unspecified atom stereocenters. The van der Waals surface area contributed by atoms with Crippen molar-refractivity contribution in [2.75, 3.05) is 18.1 Å². The first kappa shape index (κ1) is 35.3. The summed E-state index contributed by atoms with van der Waals surface area (Å²) in [4.78, 5) is 30.7. The number of carbonyl (C=O) groups excluding carboxylic acids is 2. The maximum Gasteiger partial charge on any atom is 0.333 e. The SMILES string of the molecule is O=C1CN(c2ccccc2)C(=O)N1[C@@H]1O[C@H](COCc2ccccc2)[C@@H](OCc2ccccc2)[C@H](OCc2ccccc2)[C@H]1OCc1ccccc1. The number of nitrogens with zero attached hydrogens (tertiary/aromatic N) is 2. The van der Waals surface area contributed by atoms with Crippen LogP contribution in [0.5, 0.6) is 0 Å². The molecule has 3 amide bonds. The van der Waals surface area contributed by atoms with E-state index in [0.29, 0.717) is 12.3 Å². The Kier molecular flexibility index (Phi) is 11.8. The molecular weight excluding hydrogens is 656 g/mol. The number of amides is 3. The number of ether oxygens (including phenoxy) is 5. The molecule has 2 aliphatic rings. The molecule has 0 aromatic heterocycles. The van der Waals surface area contributed by atoms with Gasteiger partial charge in [-0.05, 0) is 34.4 Å². The lowest BCUT2D eigenvalue weighted by Crippen LogP contribution is -2.66. The molecule has 5 atom stereocenters. The number of para-hydroxylation sites is 1. The second-order valence-electron chi connectivity index (χ2n) is 12.8. The van der Waals surface area contributed by atoms with Gasteiger partial charge < -0.3 is 23.7 Å². The largest absolute Gasteiger partial charge is 0.374 e. The average molecular weight is 699 g/mol. The Labute approximate surface area is 304 Å². The molecule has 5 aromatic carbocycles. The molecule has 9 heteroatoms. The van der Waals surface area contributed by atoms with Crippen LogP contribution in [-0.4, -0.2) is 60.6 Å². The van der Waals surface area contributed by atoms with E-state index in [-0.39, 0.29) is 33.0 Å². The zero-order valence-electron chi connectivity index (χ0n) is 28.8. The van der Waals surface area contributed by atoms with Crippen molar-refractivity contribution in [2.24, 2.45) is 0 Å². The summed E-state index contributed by atoms with van der Waals surface area (Å²) in [7, 11) is 0. The molecule has 0 N–H and O–H groups in total. The lowest BCUT2D eigenvalue weighted by Gasteiger charge is -2.47. The van der Waals surface area contributed by atoms with Crippen molar-refractivity contribution >= 4 is 17.6 Å². The van der Waals surface area contributed by atoms with Gasteiger partial charge in [0, 0.05) is 5.69 Å². The molecule has 9 nitrogen and oxygen atoms in total. The van der Waals surface area contributed by atoms with Gasteiger partial charge in [-0.3, -0.25) is 9.69 Å². The molecule has 7 rings (SSSR count). The summed E-state index contributed by atoms with van der Waals surface area (Å²) in [5.41, 5.74) is 4.46. The molecule has 0 saturated carbocycles. The number of benzene rings is 5. The third-order valence-corrected chi connectivity index (χ3v) is 9.18. The molecule has 2 aliphatic heterocycles. The molecule has 2 fully saturated rings. The minimum absolute atomic E-state index is 0.111. The first-order chi connectivity index (χ1) is 25.6. The van der Waals surface area contributed by atoms with Crippen LogP contribution in [0.1, 0.15) is 22.3 Å². The normalized spacial score (nSPS) is 21.8. The summed E-state index contributed by atoms with van der Waals surface area (Å²) >= 11 is 0. The average Bonchev–Trinajstić information content (AvgIpc) is 3.50. The summed E-state index contributed by atoms with van der Waals surface area (Å²) in [6.45, 7) is 1.02. The van der Waals surface area contributed by atoms with E-state index in [1.54, 1.807) is 12.1 Å². The first-order valence-electron chi connectivity index (χ1n) is 17.6. The number of carbonyl (C=O) groups is 2. The highest BCUT2D eigenvalue weighted by Crippen LogP contribution is 2.35. The van der Waals surface area contributed by atoms with Crippen molar-refractivity contribution in [1.29, 1.82) is 0 Å². The van der Waals surface area contributed by atoms with E-state index < -0.39 is 42.6 Å². The number of urea groups is 1. The molecule has 0 radical (unpaired) electrons. The molecule has 2 heterocycles. The van der Waals surface area contributed by atoms with E-state index in [0.717, 1.165) is 22.3 Å². The van der Waals surface area contributed by atoms with Gasteiger partial charge in [-0.15, -0.1) is 0 Å². The van der Waals surface area contributed by atoms with Crippen LogP contribution in [0.25, 0.3) is 0 Å². The second-order valence-corrected chi connectivity index (χ2v) is 12.8. The van der Waals surface area contributed by atoms with Crippen LogP contribution in [0, 0.1) is 0 Å². The fourth-order valence-corrected chi connectivity index (χ4v) is 6.55. The molecule has 266 valence electrons. The second kappa shape index (κ2) is 17.4. The molecule has 0 bridgehead atoms. The quantitative estimate of drug-likeness (QED) is 0.107. The summed E-state index contributed by atoms with van der Waals surface area (Å²) < 4.78 is 33.3. The molecule has 0 spiro atoms. The van der Waals surface area contributed by atoms with Crippen molar-refractivity contribution < 1.29 is 33.3 Å². The van der Waals surface area contributed by atoms with Crippen LogP contribution >= 0.6 is 0 Å². The smallest absolute Gasteiger partial charge is 0.333 e. The fourth-order valence-electron chi connectivity index (χ4n) is 6.55. The Hall–Kier alpha value is -5.16. The number of rotatable bonds is 15. The summed E-state index contributed by atoms with van der Waals surface area (Å²) in [6, 6.07) is 48.0. The van der Waals surface area contributed by atoms with Gasteiger partial charge in [0.2, 0.25) is 0 Å². The topological polar surface area (TPSA) is 86.8 Å². The number of imide groups is 1. The van der Waals surface area contributed by atoms with Crippen LogP contribution in [0.2, 0.25) is 0 Å². The highest BCUT2D eigenvalue weighted by atomic mass is 16.6. The van der Waals surface area contributed by atoms with Crippen molar-refractivity contribution in [3.63, 3.8) is 0 Å². The standard InChI is InChI=1S/C43H42N2O7/c46-38-26-44(36-24-14-5-15-25-36)43(47)45(38)42-41(51-30-35-22-12-4-13-23-35)40(50-29-34-20-10-3-11-21-34)39(49-28-33-18-8-2-9-19-33)37(52-42)31-48-27-32-16-6-1-7-17-32/h1-25,37,39-42H,26-31H2/t37-,39-,40+,41-,42-/m1/s1. The molecule has 0 aliphatic carbocycles. The molecule has 5 aromatic rings. The number of hydrogen-bond acceptors (Lipinski definition) is 7. The van der Waals surface area contributed by atoms with Crippen LogP contribution in [0.15, 0.2) is 152 Å². The highest BCUT2D eigenvalue weighted by molar-refractivity contribution is 6.12. The molecule has 2 saturated heterocycles. The Morgan fingerprint density at radius 1 is 0.519 bits per heavy atom. The fraction of sp³-hybridized carbons (Fsp3) is 0.256. The van der Waals surface area contributed by atoms with E-state index in [1.165, 1.54) is 9.80 Å². The van der Waals surface area contributed by atoms with Crippen LogP contribution in [0.3, 0.4) is 0 Å². The van der Waals surface area contributed by atoms with E-state index >= 15 is 0 Å². The monoisotopic (exact) mass is 698 g/mol. The van der Waals surface area contributed by atoms with Gasteiger partial charge in [0.05, 0.1) is 33.0 Å². The van der Waals surface area contributed by atoms with Gasteiger partial charge in [0.25, 0.3) is 5.91 Å².